The van der Waals surface area contributed by atoms with Crippen molar-refractivity contribution in [1.82, 2.24) is 14.9 Å². The van der Waals surface area contributed by atoms with Gasteiger partial charge in [0.05, 0.1) is 6.61 Å². The van der Waals surface area contributed by atoms with Crippen LogP contribution in [0.3, 0.4) is 0 Å². The number of rotatable bonds is 7. The zero-order chi connectivity index (χ0) is 12.8. The third-order valence-electron chi connectivity index (χ3n) is 2.15. The van der Waals surface area contributed by atoms with Crippen LogP contribution in [0.15, 0.2) is 6.33 Å². The van der Waals surface area contributed by atoms with E-state index in [4.69, 9.17) is 4.74 Å². The summed E-state index contributed by atoms with van der Waals surface area (Å²) in [6, 6.07) is 0.432. The lowest BCUT2D eigenvalue weighted by Crippen LogP contribution is -2.24. The van der Waals surface area contributed by atoms with Crippen LogP contribution in [-0.4, -0.2) is 33.7 Å². The molecule has 1 N–H and O–H groups in total. The van der Waals surface area contributed by atoms with Crippen LogP contribution in [0.1, 0.15) is 20.3 Å². The average Bonchev–Trinajstić information content (AvgIpc) is 2.59. The predicted molar refractivity (Wildman–Crippen MR) is 63.1 cm³/mol. The molecule has 0 spiro atoms. The van der Waals surface area contributed by atoms with Crippen molar-refractivity contribution in [1.29, 1.82) is 0 Å². The fraction of sp³-hybridized carbons (Fsp3) is 0.700. The lowest BCUT2D eigenvalue weighted by Gasteiger charge is -2.08. The quantitative estimate of drug-likeness (QED) is 0.440. The zero-order valence-electron chi connectivity index (χ0n) is 10.3. The smallest absolute Gasteiger partial charge is 0.426 e. The number of hydrogen-bond acceptors (Lipinski definition) is 5. The second-order valence-corrected chi connectivity index (χ2v) is 4.05. The highest BCUT2D eigenvalue weighted by atomic mass is 16.6. The van der Waals surface area contributed by atoms with E-state index in [-0.39, 0.29) is 11.7 Å². The van der Waals surface area contributed by atoms with Gasteiger partial charge >= 0.3 is 5.82 Å². The summed E-state index contributed by atoms with van der Waals surface area (Å²) >= 11 is 0. The normalized spacial score (nSPS) is 10.8. The van der Waals surface area contributed by atoms with Gasteiger partial charge in [-0.3, -0.25) is 4.57 Å². The Morgan fingerprint density at radius 3 is 2.94 bits per heavy atom. The number of aryl methyl sites for hydroxylation is 1. The lowest BCUT2D eigenvalue weighted by atomic mass is 10.3. The molecule has 1 rings (SSSR count). The molecule has 0 unspecified atom stereocenters. The van der Waals surface area contributed by atoms with Crippen molar-refractivity contribution in [2.24, 2.45) is 7.05 Å². The highest BCUT2D eigenvalue weighted by Crippen LogP contribution is 2.23. The van der Waals surface area contributed by atoms with Crippen molar-refractivity contribution >= 4 is 5.82 Å². The lowest BCUT2D eigenvalue weighted by molar-refractivity contribution is -0.390. The summed E-state index contributed by atoms with van der Waals surface area (Å²) in [6.45, 7) is 5.38. The van der Waals surface area contributed by atoms with Gasteiger partial charge in [-0.05, 0) is 22.9 Å². The molecule has 7 nitrogen and oxygen atoms in total. The largest absolute Gasteiger partial charge is 0.473 e. The van der Waals surface area contributed by atoms with Gasteiger partial charge in [-0.1, -0.05) is 13.8 Å². The van der Waals surface area contributed by atoms with Crippen LogP contribution in [0.5, 0.6) is 5.88 Å². The van der Waals surface area contributed by atoms with Gasteiger partial charge in [-0.15, -0.1) is 0 Å². The Balaban J connectivity index is 2.41. The van der Waals surface area contributed by atoms with Crippen LogP contribution < -0.4 is 10.1 Å². The Kier molecular flexibility index (Phi) is 4.89. The molecule has 1 heterocycles. The monoisotopic (exact) mass is 242 g/mol. The van der Waals surface area contributed by atoms with E-state index in [9.17, 15) is 10.1 Å². The summed E-state index contributed by atoms with van der Waals surface area (Å²) in [7, 11) is 1.67. The van der Waals surface area contributed by atoms with Crippen molar-refractivity contribution in [3.8, 4) is 5.88 Å². The second-order valence-electron chi connectivity index (χ2n) is 4.05. The zero-order valence-corrected chi connectivity index (χ0v) is 10.3. The Morgan fingerprint density at radius 2 is 2.35 bits per heavy atom. The molecule has 17 heavy (non-hydrogen) atoms. The van der Waals surface area contributed by atoms with E-state index in [1.165, 1.54) is 10.9 Å². The van der Waals surface area contributed by atoms with Crippen molar-refractivity contribution in [2.75, 3.05) is 13.2 Å². The highest BCUT2D eigenvalue weighted by Gasteiger charge is 2.21. The fourth-order valence-corrected chi connectivity index (χ4v) is 1.33. The van der Waals surface area contributed by atoms with E-state index >= 15 is 0 Å². The van der Waals surface area contributed by atoms with E-state index in [1.807, 2.05) is 0 Å². The van der Waals surface area contributed by atoms with Crippen LogP contribution in [-0.2, 0) is 7.05 Å². The van der Waals surface area contributed by atoms with Crippen LogP contribution in [0.2, 0.25) is 0 Å². The standard InChI is InChI=1S/C10H18N4O3/c1-8(2)11-5-4-6-17-10-9(14(15)16)12-7-13(10)3/h7-8,11H,4-6H2,1-3H3. The number of hydrogen-bond donors (Lipinski definition) is 1. The van der Waals surface area contributed by atoms with Crippen molar-refractivity contribution < 1.29 is 9.66 Å². The van der Waals surface area contributed by atoms with Gasteiger partial charge in [0.25, 0.3) is 5.88 Å². The number of ether oxygens (including phenoxy) is 1. The molecule has 0 bridgehead atoms. The summed E-state index contributed by atoms with van der Waals surface area (Å²) in [5.41, 5.74) is 0. The number of aromatic nitrogens is 2. The molecular weight excluding hydrogens is 224 g/mol. The first-order valence-electron chi connectivity index (χ1n) is 5.54. The molecule has 0 atom stereocenters. The summed E-state index contributed by atoms with van der Waals surface area (Å²) < 4.78 is 6.88. The average molecular weight is 242 g/mol. The van der Waals surface area contributed by atoms with Crippen LogP contribution in [0, 0.1) is 10.1 Å². The molecule has 7 heteroatoms. The minimum absolute atomic E-state index is 0.208. The third-order valence-corrected chi connectivity index (χ3v) is 2.15. The molecular formula is C10H18N4O3. The van der Waals surface area contributed by atoms with E-state index in [1.54, 1.807) is 7.05 Å². The first-order chi connectivity index (χ1) is 8.02. The molecule has 0 aliphatic carbocycles. The summed E-state index contributed by atoms with van der Waals surface area (Å²) in [5.74, 6) is -0.0242. The topological polar surface area (TPSA) is 82.2 Å². The van der Waals surface area contributed by atoms with Gasteiger partial charge in [0.15, 0.2) is 0 Å². The minimum atomic E-state index is -0.540. The van der Waals surface area contributed by atoms with Gasteiger partial charge in [0, 0.05) is 13.1 Å². The van der Waals surface area contributed by atoms with Gasteiger partial charge in [-0.2, -0.15) is 0 Å². The molecule has 0 aliphatic rings. The number of nitro groups is 1. The maximum atomic E-state index is 10.7. The predicted octanol–water partition coefficient (Wildman–Crippen LogP) is 1.10. The molecule has 0 saturated heterocycles. The maximum Gasteiger partial charge on any atom is 0.426 e. The number of nitrogens with one attached hydrogen (secondary N) is 1. The Hall–Kier alpha value is -1.63. The van der Waals surface area contributed by atoms with Gasteiger partial charge in [0.2, 0.25) is 6.33 Å². The van der Waals surface area contributed by atoms with E-state index in [2.05, 4.69) is 24.1 Å². The van der Waals surface area contributed by atoms with E-state index < -0.39 is 4.92 Å². The molecule has 0 fully saturated rings. The molecule has 0 saturated carbocycles. The second kappa shape index (κ2) is 6.19. The third kappa shape index (κ3) is 4.03. The Bertz CT molecular complexity index is 376. The van der Waals surface area contributed by atoms with Gasteiger partial charge in [0.1, 0.15) is 0 Å². The van der Waals surface area contributed by atoms with Gasteiger partial charge < -0.3 is 20.2 Å². The first-order valence-corrected chi connectivity index (χ1v) is 5.54. The molecule has 1 aromatic rings. The van der Waals surface area contributed by atoms with E-state index in [0.717, 1.165) is 13.0 Å². The SMILES string of the molecule is CC(C)NCCCOc1c([N+](=O)[O-])ncn1C. The highest BCUT2D eigenvalue weighted by molar-refractivity contribution is 5.33. The van der Waals surface area contributed by atoms with Crippen molar-refractivity contribution in [3.05, 3.63) is 16.4 Å². The fourth-order valence-electron chi connectivity index (χ4n) is 1.33. The van der Waals surface area contributed by atoms with E-state index in [0.29, 0.717) is 12.6 Å². The Labute approximate surface area is 99.9 Å². The van der Waals surface area contributed by atoms with Crippen LogP contribution in [0.25, 0.3) is 0 Å². The maximum absolute atomic E-state index is 10.7. The number of imidazole rings is 1. The molecule has 0 amide bonds. The number of nitrogens with zero attached hydrogens (tertiary/aromatic N) is 3. The molecule has 0 aliphatic heterocycles. The van der Waals surface area contributed by atoms with Crippen molar-refractivity contribution in [3.63, 3.8) is 0 Å². The minimum Gasteiger partial charge on any atom is -0.473 e. The molecule has 0 radical (unpaired) electrons. The van der Waals surface area contributed by atoms with Crippen molar-refractivity contribution in [2.45, 2.75) is 26.3 Å². The molecule has 1 aromatic heterocycles. The molecule has 96 valence electrons. The molecule has 0 aromatic carbocycles. The Morgan fingerprint density at radius 1 is 1.65 bits per heavy atom. The summed E-state index contributed by atoms with van der Waals surface area (Å²) in [5, 5.41) is 13.9. The summed E-state index contributed by atoms with van der Waals surface area (Å²) in [4.78, 5) is 13.8. The van der Waals surface area contributed by atoms with Crippen LogP contribution in [0.4, 0.5) is 5.82 Å². The van der Waals surface area contributed by atoms with Gasteiger partial charge in [-0.25, -0.2) is 0 Å². The van der Waals surface area contributed by atoms with Crippen LogP contribution >= 0.6 is 0 Å². The first kappa shape index (κ1) is 13.4. The summed E-state index contributed by atoms with van der Waals surface area (Å²) in [6.07, 6.45) is 2.17.